The summed E-state index contributed by atoms with van der Waals surface area (Å²) in [4.78, 5) is 11.1. The van der Waals surface area contributed by atoms with Gasteiger partial charge >= 0.3 is 6.18 Å². The molecule has 1 N–H and O–H groups in total. The minimum absolute atomic E-state index is 0.0667. The van der Waals surface area contributed by atoms with Gasteiger partial charge in [0.1, 0.15) is 15.8 Å². The lowest BCUT2D eigenvalue weighted by Gasteiger charge is -2.14. The summed E-state index contributed by atoms with van der Waals surface area (Å²) in [5.74, 6) is -0.491. The molecule has 0 atom stereocenters. The predicted octanol–water partition coefficient (Wildman–Crippen LogP) is 4.56. The molecule has 0 aliphatic rings. The number of hydrogen-bond acceptors (Lipinski definition) is 4. The molecule has 0 bridgehead atoms. The highest BCUT2D eigenvalue weighted by molar-refractivity contribution is 7.98. The Morgan fingerprint density at radius 1 is 1.42 bits per heavy atom. The molecule has 0 aliphatic carbocycles. The molecule has 2 rings (SSSR count). The summed E-state index contributed by atoms with van der Waals surface area (Å²) in [6.07, 6.45) is -2.80. The Morgan fingerprint density at radius 2 is 2.08 bits per heavy atom. The number of halogens is 4. The third-order valence-electron chi connectivity index (χ3n) is 2.93. The van der Waals surface area contributed by atoms with E-state index in [1.807, 2.05) is 0 Å². The second kappa shape index (κ2) is 6.94. The van der Waals surface area contributed by atoms with Crippen LogP contribution < -0.4 is 10.1 Å². The molecule has 24 heavy (non-hydrogen) atoms. The maximum atomic E-state index is 13.0. The van der Waals surface area contributed by atoms with E-state index in [9.17, 15) is 18.0 Å². The predicted molar refractivity (Wildman–Crippen MR) is 85.8 cm³/mol. The molecule has 0 aliphatic heterocycles. The molecule has 0 radical (unpaired) electrons. The van der Waals surface area contributed by atoms with Gasteiger partial charge in [-0.25, -0.2) is 0 Å². The van der Waals surface area contributed by atoms with E-state index in [1.165, 1.54) is 16.4 Å². The highest BCUT2D eigenvalue weighted by atomic mass is 35.5. The number of nitrogens with one attached hydrogen (secondary N) is 1. The number of carbonyl (C=O) groups excluding carboxylic acids is 1. The molecule has 0 saturated carbocycles. The maximum Gasteiger partial charge on any atom is 0.418 e. The minimum atomic E-state index is -4.61. The second-order valence-corrected chi connectivity index (χ2v) is 5.91. The van der Waals surface area contributed by atoms with Crippen LogP contribution in [-0.4, -0.2) is 21.9 Å². The van der Waals surface area contributed by atoms with Gasteiger partial charge in [0.25, 0.3) is 5.88 Å². The molecule has 0 spiro atoms. The first-order valence-electron chi connectivity index (χ1n) is 6.56. The Kier molecular flexibility index (Phi) is 5.34. The van der Waals surface area contributed by atoms with Gasteiger partial charge in [0.2, 0.25) is 5.91 Å². The number of hydrogen-bond donors (Lipinski definition) is 1. The number of amides is 1. The van der Waals surface area contributed by atoms with Crippen molar-refractivity contribution in [2.45, 2.75) is 18.1 Å². The Bertz CT molecular complexity index is 777. The van der Waals surface area contributed by atoms with Crippen LogP contribution in [0, 0.1) is 0 Å². The summed E-state index contributed by atoms with van der Waals surface area (Å²) in [7, 11) is 1.67. The molecular weight excluding hydrogens is 367 g/mol. The van der Waals surface area contributed by atoms with E-state index in [-0.39, 0.29) is 16.7 Å². The van der Waals surface area contributed by atoms with Crippen LogP contribution in [0.15, 0.2) is 23.2 Å². The first-order valence-corrected chi connectivity index (χ1v) is 8.17. The molecule has 1 aromatic heterocycles. The molecule has 130 valence electrons. The van der Waals surface area contributed by atoms with Crippen molar-refractivity contribution in [3.05, 3.63) is 28.8 Å². The molecule has 1 aromatic carbocycles. The third-order valence-corrected chi connectivity index (χ3v) is 4.23. The summed E-state index contributed by atoms with van der Waals surface area (Å²) in [5, 5.41) is 7.13. The summed E-state index contributed by atoms with van der Waals surface area (Å²) < 4.78 is 45.9. The standard InChI is InChI=1S/C14H13ClF3N3O2S/c1-7(22)19-10-6-8(4-5-9(10)14(16,17)18)23-12-11(15)13(24-3)21(2)20-12/h4-6H,1-3H3,(H,19,22). The zero-order valence-corrected chi connectivity index (χ0v) is 14.4. The van der Waals surface area contributed by atoms with Crippen molar-refractivity contribution >= 4 is 35.0 Å². The maximum absolute atomic E-state index is 13.0. The molecule has 0 unspecified atom stereocenters. The Morgan fingerprint density at radius 3 is 2.58 bits per heavy atom. The van der Waals surface area contributed by atoms with Crippen molar-refractivity contribution in [2.75, 3.05) is 11.6 Å². The topological polar surface area (TPSA) is 56.1 Å². The normalized spacial score (nSPS) is 11.5. The zero-order valence-electron chi connectivity index (χ0n) is 12.9. The van der Waals surface area contributed by atoms with Crippen LogP contribution in [0.25, 0.3) is 0 Å². The van der Waals surface area contributed by atoms with E-state index in [0.29, 0.717) is 5.03 Å². The van der Waals surface area contributed by atoms with E-state index >= 15 is 0 Å². The molecule has 5 nitrogen and oxygen atoms in total. The number of alkyl halides is 3. The zero-order chi connectivity index (χ0) is 18.1. The fourth-order valence-electron chi connectivity index (χ4n) is 1.98. The summed E-state index contributed by atoms with van der Waals surface area (Å²) >= 11 is 7.48. The third kappa shape index (κ3) is 3.96. The van der Waals surface area contributed by atoms with E-state index in [0.717, 1.165) is 25.1 Å². The fraction of sp³-hybridized carbons (Fsp3) is 0.286. The molecule has 1 heterocycles. The second-order valence-electron chi connectivity index (χ2n) is 4.74. The number of aromatic nitrogens is 2. The number of benzene rings is 1. The number of thioether (sulfide) groups is 1. The minimum Gasteiger partial charge on any atom is -0.436 e. The number of rotatable bonds is 4. The van der Waals surface area contributed by atoms with Crippen LogP contribution in [0.4, 0.5) is 18.9 Å². The number of nitrogens with zero attached hydrogens (tertiary/aromatic N) is 2. The molecule has 0 saturated heterocycles. The van der Waals surface area contributed by atoms with Gasteiger partial charge in [-0.1, -0.05) is 11.6 Å². The lowest BCUT2D eigenvalue weighted by molar-refractivity contribution is -0.137. The molecule has 0 fully saturated rings. The van der Waals surface area contributed by atoms with Gasteiger partial charge in [-0.2, -0.15) is 13.2 Å². The van der Waals surface area contributed by atoms with Gasteiger partial charge in [-0.05, 0) is 18.4 Å². The van der Waals surface area contributed by atoms with Crippen molar-refractivity contribution in [3.63, 3.8) is 0 Å². The van der Waals surface area contributed by atoms with Crippen LogP contribution in [-0.2, 0) is 18.0 Å². The fourth-order valence-corrected chi connectivity index (χ4v) is 2.99. The van der Waals surface area contributed by atoms with Crippen LogP contribution in [0.5, 0.6) is 11.6 Å². The average molecular weight is 380 g/mol. The van der Waals surface area contributed by atoms with Crippen molar-refractivity contribution in [2.24, 2.45) is 7.05 Å². The van der Waals surface area contributed by atoms with Crippen molar-refractivity contribution < 1.29 is 22.7 Å². The van der Waals surface area contributed by atoms with Crippen LogP contribution in [0.3, 0.4) is 0 Å². The van der Waals surface area contributed by atoms with Crippen LogP contribution in [0.2, 0.25) is 5.02 Å². The van der Waals surface area contributed by atoms with Gasteiger partial charge in [-0.15, -0.1) is 16.9 Å². The SMILES string of the molecule is CSc1c(Cl)c(Oc2ccc(C(F)(F)F)c(NC(C)=O)c2)nn1C. The Labute approximate surface area is 145 Å². The lowest BCUT2D eigenvalue weighted by Crippen LogP contribution is -2.13. The van der Waals surface area contributed by atoms with Gasteiger partial charge in [-0.3, -0.25) is 9.48 Å². The number of anilines is 1. The summed E-state index contributed by atoms with van der Waals surface area (Å²) in [6, 6.07) is 3.04. The van der Waals surface area contributed by atoms with E-state index in [4.69, 9.17) is 16.3 Å². The molecular formula is C14H13ClF3N3O2S. The highest BCUT2D eigenvalue weighted by Gasteiger charge is 2.34. The summed E-state index contributed by atoms with van der Waals surface area (Å²) in [5.41, 5.74) is -1.37. The van der Waals surface area contributed by atoms with Crippen LogP contribution >= 0.6 is 23.4 Å². The smallest absolute Gasteiger partial charge is 0.418 e. The molecule has 1 amide bonds. The van der Waals surface area contributed by atoms with Gasteiger partial charge in [0.15, 0.2) is 0 Å². The van der Waals surface area contributed by atoms with Gasteiger partial charge in [0.05, 0.1) is 11.3 Å². The first-order chi connectivity index (χ1) is 11.1. The van der Waals surface area contributed by atoms with Crippen molar-refractivity contribution in [3.8, 4) is 11.6 Å². The van der Waals surface area contributed by atoms with Crippen molar-refractivity contribution in [1.82, 2.24) is 9.78 Å². The number of aryl methyl sites for hydroxylation is 1. The van der Waals surface area contributed by atoms with E-state index < -0.39 is 23.3 Å². The van der Waals surface area contributed by atoms with Gasteiger partial charge in [0, 0.05) is 20.0 Å². The monoisotopic (exact) mass is 379 g/mol. The lowest BCUT2D eigenvalue weighted by atomic mass is 10.1. The molecule has 10 heteroatoms. The van der Waals surface area contributed by atoms with E-state index in [2.05, 4.69) is 10.4 Å². The van der Waals surface area contributed by atoms with Crippen molar-refractivity contribution in [1.29, 1.82) is 0 Å². The summed E-state index contributed by atoms with van der Waals surface area (Å²) in [6.45, 7) is 1.12. The quantitative estimate of drug-likeness (QED) is 0.791. The van der Waals surface area contributed by atoms with Gasteiger partial charge < -0.3 is 10.1 Å². The van der Waals surface area contributed by atoms with E-state index in [1.54, 1.807) is 13.3 Å². The average Bonchev–Trinajstić information content (AvgIpc) is 2.71. The van der Waals surface area contributed by atoms with Crippen LogP contribution in [0.1, 0.15) is 12.5 Å². The largest absolute Gasteiger partial charge is 0.436 e. The first kappa shape index (κ1) is 18.5. The Balaban J connectivity index is 2.40. The number of ether oxygens (including phenoxy) is 1. The Hall–Kier alpha value is -1.87. The highest BCUT2D eigenvalue weighted by Crippen LogP contribution is 2.39. The number of carbonyl (C=O) groups is 1. The molecule has 2 aromatic rings.